The summed E-state index contributed by atoms with van der Waals surface area (Å²) >= 11 is 0. The average Bonchev–Trinajstić information content (AvgIpc) is 2.68. The van der Waals surface area contributed by atoms with Crippen molar-refractivity contribution < 1.29 is 4.39 Å². The number of rotatable bonds is 3. The Labute approximate surface area is 110 Å². The summed E-state index contributed by atoms with van der Waals surface area (Å²) < 4.78 is 14.9. The molecule has 19 heavy (non-hydrogen) atoms. The molecule has 1 aromatic heterocycles. The van der Waals surface area contributed by atoms with E-state index in [0.717, 1.165) is 12.1 Å². The van der Waals surface area contributed by atoms with Crippen LogP contribution in [0.2, 0.25) is 0 Å². The number of hydrogen-bond donors (Lipinski definition) is 2. The fourth-order valence-electron chi connectivity index (χ4n) is 1.83. The van der Waals surface area contributed by atoms with Crippen LogP contribution in [0.5, 0.6) is 0 Å². The Morgan fingerprint density at radius 3 is 2.84 bits per heavy atom. The molecule has 1 heterocycles. The van der Waals surface area contributed by atoms with Crippen LogP contribution in [0.15, 0.2) is 18.2 Å². The first-order valence-corrected chi connectivity index (χ1v) is 5.84. The molecule has 0 fully saturated rings. The van der Waals surface area contributed by atoms with Crippen molar-refractivity contribution in [3.63, 3.8) is 0 Å². The van der Waals surface area contributed by atoms with E-state index in [0.29, 0.717) is 17.2 Å². The Bertz CT molecular complexity index is 654. The van der Waals surface area contributed by atoms with E-state index >= 15 is 0 Å². The number of nitrogen functional groups attached to an aromatic ring is 1. The summed E-state index contributed by atoms with van der Waals surface area (Å²) in [6, 6.07) is 6.03. The number of aryl methyl sites for hydroxylation is 2. The van der Waals surface area contributed by atoms with E-state index in [2.05, 4.69) is 10.4 Å². The minimum atomic E-state index is -0.541. The number of nitrogens with one attached hydrogen (secondary N) is 1. The number of nitrogens with zero attached hydrogens (tertiary/aromatic N) is 3. The van der Waals surface area contributed by atoms with Crippen LogP contribution >= 0.6 is 0 Å². The number of nitriles is 1. The second-order valence-corrected chi connectivity index (χ2v) is 4.12. The van der Waals surface area contributed by atoms with Crippen molar-refractivity contribution >= 4 is 17.2 Å². The standard InChI is InChI=1S/C13H14FN5/c1-3-11-12(16)13(19(2)18-11)17-9-4-5-10(14)8(6-9)7-15/h4-6,17H,3,16H2,1-2H3. The highest BCUT2D eigenvalue weighted by molar-refractivity contribution is 5.71. The number of anilines is 3. The molecule has 2 rings (SSSR count). The van der Waals surface area contributed by atoms with Crippen LogP contribution in [-0.2, 0) is 13.5 Å². The van der Waals surface area contributed by atoms with Gasteiger partial charge in [0.1, 0.15) is 11.9 Å². The molecule has 5 nitrogen and oxygen atoms in total. The van der Waals surface area contributed by atoms with E-state index < -0.39 is 5.82 Å². The molecule has 0 spiro atoms. The van der Waals surface area contributed by atoms with Crippen molar-refractivity contribution in [3.05, 3.63) is 35.3 Å². The molecule has 0 saturated carbocycles. The van der Waals surface area contributed by atoms with E-state index in [9.17, 15) is 4.39 Å². The predicted octanol–water partition coefficient (Wildman–Crippen LogP) is 2.32. The monoisotopic (exact) mass is 259 g/mol. The molecular weight excluding hydrogens is 245 g/mol. The SMILES string of the molecule is CCc1nn(C)c(Nc2ccc(F)c(C#N)c2)c1N. The van der Waals surface area contributed by atoms with Crippen LogP contribution in [0, 0.1) is 17.1 Å². The lowest BCUT2D eigenvalue weighted by atomic mass is 10.2. The van der Waals surface area contributed by atoms with Crippen LogP contribution in [0.1, 0.15) is 18.2 Å². The molecule has 0 radical (unpaired) electrons. The molecule has 0 aliphatic carbocycles. The number of benzene rings is 1. The van der Waals surface area contributed by atoms with Crippen LogP contribution in [0.25, 0.3) is 0 Å². The summed E-state index contributed by atoms with van der Waals surface area (Å²) in [4.78, 5) is 0. The van der Waals surface area contributed by atoms with Crippen LogP contribution in [0.3, 0.4) is 0 Å². The van der Waals surface area contributed by atoms with Gasteiger partial charge in [-0.3, -0.25) is 4.68 Å². The molecule has 0 aliphatic heterocycles. The third-order valence-electron chi connectivity index (χ3n) is 2.84. The third kappa shape index (κ3) is 2.36. The zero-order chi connectivity index (χ0) is 14.0. The highest BCUT2D eigenvalue weighted by Crippen LogP contribution is 2.26. The fraction of sp³-hybridized carbons (Fsp3) is 0.231. The summed E-state index contributed by atoms with van der Waals surface area (Å²) in [5.74, 6) is 0.0904. The van der Waals surface area contributed by atoms with Crippen LogP contribution in [0.4, 0.5) is 21.6 Å². The third-order valence-corrected chi connectivity index (χ3v) is 2.84. The molecule has 98 valence electrons. The van der Waals surface area contributed by atoms with Gasteiger partial charge in [0.15, 0.2) is 5.82 Å². The van der Waals surface area contributed by atoms with Gasteiger partial charge in [-0.2, -0.15) is 10.4 Å². The lowest BCUT2D eigenvalue weighted by molar-refractivity contribution is 0.624. The van der Waals surface area contributed by atoms with Crippen molar-refractivity contribution in [3.8, 4) is 6.07 Å². The molecule has 6 heteroatoms. The maximum atomic E-state index is 13.2. The highest BCUT2D eigenvalue weighted by atomic mass is 19.1. The summed E-state index contributed by atoms with van der Waals surface area (Å²) in [5, 5.41) is 16.1. The summed E-state index contributed by atoms with van der Waals surface area (Å²) in [7, 11) is 1.77. The van der Waals surface area contributed by atoms with Crippen molar-refractivity contribution in [1.82, 2.24) is 9.78 Å². The van der Waals surface area contributed by atoms with Gasteiger partial charge < -0.3 is 11.1 Å². The van der Waals surface area contributed by atoms with E-state index in [1.54, 1.807) is 23.9 Å². The Morgan fingerprint density at radius 2 is 2.26 bits per heavy atom. The van der Waals surface area contributed by atoms with Gasteiger partial charge in [-0.05, 0) is 24.6 Å². The summed E-state index contributed by atoms with van der Waals surface area (Å²) in [6.45, 7) is 1.97. The molecule has 0 aliphatic rings. The largest absolute Gasteiger partial charge is 0.394 e. The fourth-order valence-corrected chi connectivity index (χ4v) is 1.83. The van der Waals surface area contributed by atoms with E-state index in [4.69, 9.17) is 11.0 Å². The van der Waals surface area contributed by atoms with Gasteiger partial charge in [0.2, 0.25) is 0 Å². The molecular formula is C13H14FN5. The molecule has 0 amide bonds. The van der Waals surface area contributed by atoms with Gasteiger partial charge in [-0.15, -0.1) is 0 Å². The first kappa shape index (κ1) is 12.9. The van der Waals surface area contributed by atoms with Crippen molar-refractivity contribution in [2.75, 3.05) is 11.1 Å². The quantitative estimate of drug-likeness (QED) is 0.886. The van der Waals surface area contributed by atoms with Crippen molar-refractivity contribution in [2.24, 2.45) is 7.05 Å². The molecule has 3 N–H and O–H groups in total. The zero-order valence-electron chi connectivity index (χ0n) is 10.7. The number of nitrogens with two attached hydrogens (primary N) is 1. The second-order valence-electron chi connectivity index (χ2n) is 4.12. The Kier molecular flexibility index (Phi) is 3.38. The first-order chi connectivity index (χ1) is 9.06. The van der Waals surface area contributed by atoms with Gasteiger partial charge in [0.25, 0.3) is 0 Å². The summed E-state index contributed by atoms with van der Waals surface area (Å²) in [6.07, 6.45) is 0.730. The second kappa shape index (κ2) is 4.98. The highest BCUT2D eigenvalue weighted by Gasteiger charge is 2.12. The lowest BCUT2D eigenvalue weighted by Crippen LogP contribution is -2.01. The predicted molar refractivity (Wildman–Crippen MR) is 71.4 cm³/mol. The topological polar surface area (TPSA) is 79.7 Å². The molecule has 2 aromatic rings. The first-order valence-electron chi connectivity index (χ1n) is 5.84. The van der Waals surface area contributed by atoms with E-state index in [1.165, 1.54) is 12.1 Å². The molecule has 0 atom stereocenters. The van der Waals surface area contributed by atoms with Crippen LogP contribution in [-0.4, -0.2) is 9.78 Å². The van der Waals surface area contributed by atoms with Crippen molar-refractivity contribution in [1.29, 1.82) is 5.26 Å². The van der Waals surface area contributed by atoms with E-state index in [1.807, 2.05) is 6.92 Å². The summed E-state index contributed by atoms with van der Waals surface area (Å²) in [5.41, 5.74) is 7.92. The number of halogens is 1. The Hall–Kier alpha value is -2.55. The van der Waals surface area contributed by atoms with Gasteiger partial charge in [-0.1, -0.05) is 6.92 Å². The molecule has 0 saturated heterocycles. The van der Waals surface area contributed by atoms with Gasteiger partial charge in [0, 0.05) is 12.7 Å². The normalized spacial score (nSPS) is 10.2. The maximum Gasteiger partial charge on any atom is 0.152 e. The average molecular weight is 259 g/mol. The Balaban J connectivity index is 2.37. The van der Waals surface area contributed by atoms with Gasteiger partial charge in [-0.25, -0.2) is 4.39 Å². The van der Waals surface area contributed by atoms with Gasteiger partial charge in [0.05, 0.1) is 16.9 Å². The molecule has 0 bridgehead atoms. The zero-order valence-corrected chi connectivity index (χ0v) is 10.7. The minimum Gasteiger partial charge on any atom is -0.394 e. The van der Waals surface area contributed by atoms with Gasteiger partial charge >= 0.3 is 0 Å². The molecule has 1 aromatic carbocycles. The Morgan fingerprint density at radius 1 is 1.53 bits per heavy atom. The maximum absolute atomic E-state index is 13.2. The minimum absolute atomic E-state index is 0.0125. The lowest BCUT2D eigenvalue weighted by Gasteiger charge is -2.08. The molecule has 0 unspecified atom stereocenters. The van der Waals surface area contributed by atoms with Crippen LogP contribution < -0.4 is 11.1 Å². The van der Waals surface area contributed by atoms with Crippen molar-refractivity contribution in [2.45, 2.75) is 13.3 Å². The number of hydrogen-bond acceptors (Lipinski definition) is 4. The smallest absolute Gasteiger partial charge is 0.152 e. The van der Waals surface area contributed by atoms with E-state index in [-0.39, 0.29) is 5.56 Å². The number of aromatic nitrogens is 2.